The molecular weight excluding hydrogens is 314 g/mol. The van der Waals surface area contributed by atoms with E-state index in [2.05, 4.69) is 10.1 Å². The van der Waals surface area contributed by atoms with Crippen molar-refractivity contribution in [1.29, 1.82) is 0 Å². The fourth-order valence-electron chi connectivity index (χ4n) is 2.55. The Hall–Kier alpha value is -2.81. The molecule has 0 saturated carbocycles. The number of nitrogens with zero attached hydrogens (tertiary/aromatic N) is 5. The number of rotatable bonds is 4. The van der Waals surface area contributed by atoms with Gasteiger partial charge in [0.2, 0.25) is 5.91 Å². The van der Waals surface area contributed by atoms with Crippen LogP contribution in [0.1, 0.15) is 6.92 Å². The molecule has 1 amide bonds. The minimum atomic E-state index is -0.469. The summed E-state index contributed by atoms with van der Waals surface area (Å²) in [7, 11) is 0. The molecule has 1 saturated heterocycles. The summed E-state index contributed by atoms with van der Waals surface area (Å²) < 4.78 is 6.86. The molecule has 1 fully saturated rings. The lowest BCUT2D eigenvalue weighted by Gasteiger charge is -2.31. The van der Waals surface area contributed by atoms with Crippen LogP contribution in [-0.2, 0) is 16.1 Å². The van der Waals surface area contributed by atoms with Crippen molar-refractivity contribution in [3.63, 3.8) is 0 Å². The zero-order chi connectivity index (χ0) is 17.1. The van der Waals surface area contributed by atoms with E-state index in [0.29, 0.717) is 31.1 Å². The third-order valence-corrected chi connectivity index (χ3v) is 3.74. The van der Waals surface area contributed by atoms with Crippen LogP contribution in [0.2, 0.25) is 0 Å². The highest BCUT2D eigenvalue weighted by molar-refractivity contribution is 5.76. The third kappa shape index (κ3) is 3.57. The molecule has 9 nitrogen and oxygen atoms in total. The molecule has 0 N–H and O–H groups in total. The normalized spacial score (nSPS) is 17.7. The van der Waals surface area contributed by atoms with E-state index in [0.717, 1.165) is 0 Å². The summed E-state index contributed by atoms with van der Waals surface area (Å²) in [5, 5.41) is 15.1. The zero-order valence-corrected chi connectivity index (χ0v) is 13.2. The molecule has 126 valence electrons. The van der Waals surface area contributed by atoms with Gasteiger partial charge in [0.05, 0.1) is 17.6 Å². The molecule has 1 aliphatic rings. The van der Waals surface area contributed by atoms with Gasteiger partial charge in [0.15, 0.2) is 5.82 Å². The van der Waals surface area contributed by atoms with E-state index < -0.39 is 4.92 Å². The highest BCUT2D eigenvalue weighted by Crippen LogP contribution is 2.20. The summed E-state index contributed by atoms with van der Waals surface area (Å²) in [5.41, 5.74) is 0.512. The molecule has 1 aliphatic heterocycles. The first kappa shape index (κ1) is 16.1. The summed E-state index contributed by atoms with van der Waals surface area (Å²) in [6, 6.07) is 6.08. The maximum atomic E-state index is 12.3. The van der Waals surface area contributed by atoms with Crippen LogP contribution < -0.4 is 0 Å². The van der Waals surface area contributed by atoms with E-state index >= 15 is 0 Å². The molecule has 2 heterocycles. The average molecular weight is 331 g/mol. The van der Waals surface area contributed by atoms with E-state index in [1.54, 1.807) is 17.0 Å². The predicted molar refractivity (Wildman–Crippen MR) is 84.1 cm³/mol. The second-order valence-corrected chi connectivity index (χ2v) is 5.59. The maximum absolute atomic E-state index is 12.3. The van der Waals surface area contributed by atoms with Crippen LogP contribution in [-0.4, -0.2) is 56.3 Å². The quantitative estimate of drug-likeness (QED) is 0.614. The van der Waals surface area contributed by atoms with Crippen LogP contribution >= 0.6 is 0 Å². The summed E-state index contributed by atoms with van der Waals surface area (Å²) in [6.07, 6.45) is 1.48. The van der Waals surface area contributed by atoms with Crippen molar-refractivity contribution >= 4 is 11.6 Å². The second kappa shape index (κ2) is 6.75. The van der Waals surface area contributed by atoms with Crippen LogP contribution in [0.15, 0.2) is 30.6 Å². The van der Waals surface area contributed by atoms with E-state index in [-0.39, 0.29) is 24.2 Å². The van der Waals surface area contributed by atoms with Crippen molar-refractivity contribution in [3.05, 3.63) is 40.7 Å². The highest BCUT2D eigenvalue weighted by atomic mass is 16.6. The van der Waals surface area contributed by atoms with Crippen LogP contribution in [0.5, 0.6) is 0 Å². The van der Waals surface area contributed by atoms with Gasteiger partial charge in [0, 0.05) is 30.8 Å². The van der Waals surface area contributed by atoms with Gasteiger partial charge in [0.25, 0.3) is 5.69 Å². The SMILES string of the molecule is C[C@H]1CN(C(=O)Cn2cnc(-c3cccc([N+](=O)[O-])c3)n2)CCO1. The summed E-state index contributed by atoms with van der Waals surface area (Å²) in [4.78, 5) is 28.5. The van der Waals surface area contributed by atoms with Gasteiger partial charge in [-0.05, 0) is 6.92 Å². The van der Waals surface area contributed by atoms with Gasteiger partial charge < -0.3 is 9.64 Å². The van der Waals surface area contributed by atoms with Gasteiger partial charge in [-0.1, -0.05) is 12.1 Å². The van der Waals surface area contributed by atoms with Crippen LogP contribution in [0.4, 0.5) is 5.69 Å². The standard InChI is InChI=1S/C15H17N5O4/c1-11-8-18(5-6-24-11)14(21)9-19-10-16-15(17-19)12-3-2-4-13(7-12)20(22)23/h2-4,7,10-11H,5-6,8-9H2,1H3/t11-/m0/s1. The van der Waals surface area contributed by atoms with Crippen molar-refractivity contribution in [2.24, 2.45) is 0 Å². The minimum Gasteiger partial charge on any atom is -0.375 e. The van der Waals surface area contributed by atoms with Crippen molar-refractivity contribution in [2.45, 2.75) is 19.6 Å². The van der Waals surface area contributed by atoms with Crippen LogP contribution in [0, 0.1) is 10.1 Å². The molecule has 0 aliphatic carbocycles. The van der Waals surface area contributed by atoms with Crippen LogP contribution in [0.25, 0.3) is 11.4 Å². The number of ether oxygens (including phenoxy) is 1. The number of carbonyl (C=O) groups is 1. The molecule has 0 unspecified atom stereocenters. The van der Waals surface area contributed by atoms with Gasteiger partial charge in [-0.25, -0.2) is 9.67 Å². The molecule has 0 radical (unpaired) electrons. The van der Waals surface area contributed by atoms with Crippen LogP contribution in [0.3, 0.4) is 0 Å². The molecule has 2 aromatic rings. The lowest BCUT2D eigenvalue weighted by Crippen LogP contribution is -2.45. The number of hydrogen-bond donors (Lipinski definition) is 0. The Bertz CT molecular complexity index is 760. The van der Waals surface area contributed by atoms with Gasteiger partial charge >= 0.3 is 0 Å². The number of nitro benzene ring substituents is 1. The fourth-order valence-corrected chi connectivity index (χ4v) is 2.55. The Labute approximate surface area is 138 Å². The summed E-state index contributed by atoms with van der Waals surface area (Å²) in [6.45, 7) is 3.66. The van der Waals surface area contributed by atoms with Gasteiger partial charge in [-0.3, -0.25) is 14.9 Å². The van der Waals surface area contributed by atoms with Gasteiger partial charge in [0.1, 0.15) is 12.9 Å². The maximum Gasteiger partial charge on any atom is 0.270 e. The predicted octanol–water partition coefficient (Wildman–Crippen LogP) is 1.10. The molecule has 1 atom stereocenters. The van der Waals surface area contributed by atoms with Crippen molar-refractivity contribution in [2.75, 3.05) is 19.7 Å². The number of carbonyl (C=O) groups excluding carboxylic acids is 1. The van der Waals surface area contributed by atoms with E-state index in [4.69, 9.17) is 4.74 Å². The van der Waals surface area contributed by atoms with E-state index in [1.165, 1.54) is 23.1 Å². The number of morpholine rings is 1. The third-order valence-electron chi connectivity index (χ3n) is 3.74. The van der Waals surface area contributed by atoms with Gasteiger partial charge in [-0.15, -0.1) is 0 Å². The number of non-ortho nitro benzene ring substituents is 1. The van der Waals surface area contributed by atoms with Crippen molar-refractivity contribution in [3.8, 4) is 11.4 Å². The number of hydrogen-bond acceptors (Lipinski definition) is 6. The topological polar surface area (TPSA) is 103 Å². The smallest absolute Gasteiger partial charge is 0.270 e. The fraction of sp³-hybridized carbons (Fsp3) is 0.400. The Balaban J connectivity index is 1.70. The van der Waals surface area contributed by atoms with E-state index in [9.17, 15) is 14.9 Å². The molecular formula is C15H17N5O4. The molecule has 0 bridgehead atoms. The number of nitro groups is 1. The molecule has 9 heteroatoms. The Morgan fingerprint density at radius 2 is 2.33 bits per heavy atom. The minimum absolute atomic E-state index is 0.0257. The Kier molecular flexibility index (Phi) is 4.52. The molecule has 24 heavy (non-hydrogen) atoms. The van der Waals surface area contributed by atoms with Crippen molar-refractivity contribution in [1.82, 2.24) is 19.7 Å². The van der Waals surface area contributed by atoms with E-state index in [1.807, 2.05) is 6.92 Å². The lowest BCUT2D eigenvalue weighted by molar-refractivity contribution is -0.384. The van der Waals surface area contributed by atoms with Crippen molar-refractivity contribution < 1.29 is 14.5 Å². The monoisotopic (exact) mass is 331 g/mol. The number of benzene rings is 1. The molecule has 0 spiro atoms. The number of aromatic nitrogens is 3. The number of amides is 1. The molecule has 1 aromatic carbocycles. The first-order valence-corrected chi connectivity index (χ1v) is 7.56. The zero-order valence-electron chi connectivity index (χ0n) is 13.2. The summed E-state index contributed by atoms with van der Waals surface area (Å²) in [5.74, 6) is 0.294. The largest absolute Gasteiger partial charge is 0.375 e. The Morgan fingerprint density at radius 3 is 3.08 bits per heavy atom. The average Bonchev–Trinajstić information content (AvgIpc) is 3.03. The van der Waals surface area contributed by atoms with Gasteiger partial charge in [-0.2, -0.15) is 5.10 Å². The first-order valence-electron chi connectivity index (χ1n) is 7.56. The highest BCUT2D eigenvalue weighted by Gasteiger charge is 2.22. The second-order valence-electron chi connectivity index (χ2n) is 5.59. The molecule has 1 aromatic heterocycles. The summed E-state index contributed by atoms with van der Waals surface area (Å²) >= 11 is 0. The first-order chi connectivity index (χ1) is 11.5. The molecule has 3 rings (SSSR count). The Morgan fingerprint density at radius 1 is 1.50 bits per heavy atom. The lowest BCUT2D eigenvalue weighted by atomic mass is 10.2.